The molecule has 4 heteroatoms. The minimum atomic E-state index is -0.131. The van der Waals surface area contributed by atoms with Crippen molar-refractivity contribution in [3.8, 4) is 0 Å². The Balaban J connectivity index is 2.03. The lowest BCUT2D eigenvalue weighted by Crippen LogP contribution is -2.30. The fourth-order valence-corrected chi connectivity index (χ4v) is 5.10. The van der Waals surface area contributed by atoms with Crippen LogP contribution in [0.2, 0.25) is 0 Å². The number of rotatable bonds is 21. The Hall–Kier alpha value is -1.06. The van der Waals surface area contributed by atoms with Crippen molar-refractivity contribution in [2.45, 2.75) is 150 Å². The summed E-state index contributed by atoms with van der Waals surface area (Å²) in [6.07, 6.45) is 21.7. The molecule has 0 radical (unpaired) electrons. The molecular formula is C31H58O4. The van der Waals surface area contributed by atoms with Crippen molar-refractivity contribution in [3.63, 3.8) is 0 Å². The van der Waals surface area contributed by atoms with Gasteiger partial charge in [0.2, 0.25) is 0 Å². The molecule has 35 heavy (non-hydrogen) atoms. The summed E-state index contributed by atoms with van der Waals surface area (Å²) < 4.78 is 11.1. The van der Waals surface area contributed by atoms with Crippen LogP contribution < -0.4 is 0 Å². The summed E-state index contributed by atoms with van der Waals surface area (Å²) in [4.78, 5) is 25.0. The third kappa shape index (κ3) is 17.9. The second-order valence-corrected chi connectivity index (χ2v) is 11.9. The number of hydrogen-bond acceptors (Lipinski definition) is 4. The van der Waals surface area contributed by atoms with Crippen LogP contribution in [0.3, 0.4) is 0 Å². The van der Waals surface area contributed by atoms with Gasteiger partial charge in [0.15, 0.2) is 0 Å². The van der Waals surface area contributed by atoms with Crippen molar-refractivity contribution in [2.75, 3.05) is 13.2 Å². The Morgan fingerprint density at radius 3 is 1.29 bits per heavy atom. The zero-order valence-electron chi connectivity index (χ0n) is 23.8. The van der Waals surface area contributed by atoms with Gasteiger partial charge in [0.25, 0.3) is 0 Å². The largest absolute Gasteiger partial charge is 0.465 e. The normalized spacial score (nSPS) is 18.2. The molecule has 1 rings (SSSR count). The maximum Gasteiger partial charge on any atom is 0.308 e. The lowest BCUT2D eigenvalue weighted by atomic mass is 9.81. The third-order valence-corrected chi connectivity index (χ3v) is 7.43. The highest BCUT2D eigenvalue weighted by Crippen LogP contribution is 2.31. The number of esters is 2. The fraction of sp³-hybridized carbons (Fsp3) is 0.935. The van der Waals surface area contributed by atoms with Crippen molar-refractivity contribution in [1.82, 2.24) is 0 Å². The van der Waals surface area contributed by atoms with E-state index in [-0.39, 0.29) is 23.8 Å². The van der Waals surface area contributed by atoms with Gasteiger partial charge in [-0.1, -0.05) is 118 Å². The molecule has 0 heterocycles. The van der Waals surface area contributed by atoms with E-state index in [1.165, 1.54) is 70.6 Å². The summed E-state index contributed by atoms with van der Waals surface area (Å²) in [5.74, 6) is 1.15. The molecule has 0 aromatic carbocycles. The molecule has 2 atom stereocenters. The molecule has 0 bridgehead atoms. The van der Waals surface area contributed by atoms with Gasteiger partial charge < -0.3 is 9.47 Å². The number of carbonyl (C=O) groups is 2. The molecule has 0 aliphatic heterocycles. The van der Waals surface area contributed by atoms with E-state index in [2.05, 4.69) is 27.7 Å². The Bertz CT molecular complexity index is 528. The van der Waals surface area contributed by atoms with Gasteiger partial charge in [-0.25, -0.2) is 0 Å². The van der Waals surface area contributed by atoms with Gasteiger partial charge in [0, 0.05) is 0 Å². The van der Waals surface area contributed by atoms with Gasteiger partial charge in [-0.15, -0.1) is 0 Å². The quantitative estimate of drug-likeness (QED) is 0.118. The fourth-order valence-electron chi connectivity index (χ4n) is 5.10. The Kier molecular flexibility index (Phi) is 19.2. The van der Waals surface area contributed by atoms with Gasteiger partial charge in [-0.3, -0.25) is 9.59 Å². The lowest BCUT2D eigenvalue weighted by molar-refractivity contribution is -0.155. The topological polar surface area (TPSA) is 52.6 Å². The predicted octanol–water partition coefficient (Wildman–Crippen LogP) is 9.04. The van der Waals surface area contributed by atoms with E-state index in [9.17, 15) is 9.59 Å². The first-order valence-corrected chi connectivity index (χ1v) is 15.2. The van der Waals surface area contributed by atoms with Gasteiger partial charge in [0.1, 0.15) is 0 Å². The van der Waals surface area contributed by atoms with E-state index >= 15 is 0 Å². The van der Waals surface area contributed by atoms with Crippen molar-refractivity contribution in [3.05, 3.63) is 0 Å². The van der Waals surface area contributed by atoms with Gasteiger partial charge >= 0.3 is 11.9 Å². The molecule has 2 unspecified atom stereocenters. The summed E-state index contributed by atoms with van der Waals surface area (Å²) in [6.45, 7) is 10.2. The highest BCUT2D eigenvalue weighted by Gasteiger charge is 2.32. The molecule has 4 nitrogen and oxygen atoms in total. The molecule has 1 saturated carbocycles. The van der Waals surface area contributed by atoms with Gasteiger partial charge in [-0.2, -0.15) is 0 Å². The molecule has 0 aromatic rings. The van der Waals surface area contributed by atoms with E-state index in [0.29, 0.717) is 19.6 Å². The number of hydrogen-bond donors (Lipinski definition) is 0. The molecule has 0 aromatic heterocycles. The van der Waals surface area contributed by atoms with Crippen LogP contribution in [0.15, 0.2) is 0 Å². The Labute approximate surface area is 217 Å². The number of unbranched alkanes of at least 4 members (excludes halogenated alkanes) is 11. The first-order valence-electron chi connectivity index (χ1n) is 15.2. The van der Waals surface area contributed by atoms with Crippen LogP contribution in [0.1, 0.15) is 150 Å². The molecular weight excluding hydrogens is 436 g/mol. The second-order valence-electron chi connectivity index (χ2n) is 11.9. The van der Waals surface area contributed by atoms with Crippen LogP contribution in [0.25, 0.3) is 0 Å². The predicted molar refractivity (Wildman–Crippen MR) is 146 cm³/mol. The van der Waals surface area contributed by atoms with Crippen LogP contribution in [0.5, 0.6) is 0 Å². The molecule has 1 aliphatic rings. The molecule has 206 valence electrons. The first-order chi connectivity index (χ1) is 16.9. The van der Waals surface area contributed by atoms with Crippen molar-refractivity contribution >= 4 is 11.9 Å². The second kappa shape index (κ2) is 21.1. The molecule has 0 N–H and O–H groups in total. The van der Waals surface area contributed by atoms with E-state index in [1.807, 2.05) is 0 Å². The highest BCUT2D eigenvalue weighted by molar-refractivity contribution is 5.76. The van der Waals surface area contributed by atoms with Crippen LogP contribution in [0.4, 0.5) is 0 Å². The minimum Gasteiger partial charge on any atom is -0.465 e. The summed E-state index contributed by atoms with van der Waals surface area (Å²) >= 11 is 0. The molecule has 0 spiro atoms. The maximum atomic E-state index is 12.5. The van der Waals surface area contributed by atoms with E-state index in [4.69, 9.17) is 9.47 Å². The van der Waals surface area contributed by atoms with Crippen LogP contribution in [-0.4, -0.2) is 25.2 Å². The summed E-state index contributed by atoms with van der Waals surface area (Å²) in [5, 5.41) is 0. The highest BCUT2D eigenvalue weighted by atomic mass is 16.5. The van der Waals surface area contributed by atoms with Gasteiger partial charge in [0.05, 0.1) is 25.0 Å². The average Bonchev–Trinajstić information content (AvgIpc) is 2.83. The zero-order chi connectivity index (χ0) is 25.7. The molecule has 0 amide bonds. The monoisotopic (exact) mass is 494 g/mol. The van der Waals surface area contributed by atoms with Crippen molar-refractivity contribution < 1.29 is 19.1 Å². The van der Waals surface area contributed by atoms with Crippen LogP contribution in [-0.2, 0) is 19.1 Å². The average molecular weight is 495 g/mol. The molecule has 0 saturated heterocycles. The van der Waals surface area contributed by atoms with E-state index in [0.717, 1.165) is 56.8 Å². The van der Waals surface area contributed by atoms with E-state index < -0.39 is 0 Å². The van der Waals surface area contributed by atoms with Crippen molar-refractivity contribution in [2.24, 2.45) is 23.7 Å². The van der Waals surface area contributed by atoms with Gasteiger partial charge in [-0.05, 0) is 43.9 Å². The molecule has 1 aliphatic carbocycles. The SMILES string of the molecule is CC(C)CCCCCCCCCOC(=O)C1CCCC(C(=O)OCCCCCCCCC(C)C)C1. The van der Waals surface area contributed by atoms with Crippen LogP contribution >= 0.6 is 0 Å². The first kappa shape index (κ1) is 32.0. The minimum absolute atomic E-state index is 0.103. The number of ether oxygens (including phenoxy) is 2. The third-order valence-electron chi connectivity index (χ3n) is 7.43. The Morgan fingerprint density at radius 1 is 0.571 bits per heavy atom. The lowest BCUT2D eigenvalue weighted by Gasteiger charge is -2.26. The van der Waals surface area contributed by atoms with Crippen molar-refractivity contribution in [1.29, 1.82) is 0 Å². The zero-order valence-corrected chi connectivity index (χ0v) is 23.8. The smallest absolute Gasteiger partial charge is 0.308 e. The van der Waals surface area contributed by atoms with Crippen LogP contribution in [0, 0.1) is 23.7 Å². The summed E-state index contributed by atoms with van der Waals surface area (Å²) in [7, 11) is 0. The summed E-state index contributed by atoms with van der Waals surface area (Å²) in [6, 6.07) is 0. The van der Waals surface area contributed by atoms with E-state index in [1.54, 1.807) is 0 Å². The maximum absolute atomic E-state index is 12.5. The molecule has 1 fully saturated rings. The summed E-state index contributed by atoms with van der Waals surface area (Å²) in [5.41, 5.74) is 0. The number of carbonyl (C=O) groups excluding carboxylic acids is 2. The Morgan fingerprint density at radius 2 is 0.914 bits per heavy atom. The standard InChI is InChI=1S/C31H58O4/c1-26(2)19-14-10-6-5-8-12-16-23-34-30(32)28-21-18-22-29(25-28)31(33)35-24-17-13-9-7-11-15-20-27(3)4/h26-29H,5-25H2,1-4H3.